The van der Waals surface area contributed by atoms with Crippen molar-refractivity contribution in [3.8, 4) is 5.88 Å². The van der Waals surface area contributed by atoms with Gasteiger partial charge in [0.2, 0.25) is 11.8 Å². The number of ether oxygens (including phenoxy) is 1. The molecule has 2 heterocycles. The lowest BCUT2D eigenvalue weighted by molar-refractivity contribution is -0.133. The van der Waals surface area contributed by atoms with Crippen molar-refractivity contribution in [2.24, 2.45) is 0 Å². The Morgan fingerprint density at radius 1 is 1.40 bits per heavy atom. The number of methoxy groups -OCH3 is 1. The van der Waals surface area contributed by atoms with Gasteiger partial charge in [0.1, 0.15) is 0 Å². The fraction of sp³-hybridized carbons (Fsp3) is 0.600. The van der Waals surface area contributed by atoms with Crippen LogP contribution < -0.4 is 4.74 Å². The highest BCUT2D eigenvalue weighted by molar-refractivity contribution is 5.76. The number of amides is 1. The first-order valence-corrected chi connectivity index (χ1v) is 7.14. The molecule has 110 valence electrons. The van der Waals surface area contributed by atoms with Crippen LogP contribution in [0.1, 0.15) is 24.8 Å². The third kappa shape index (κ3) is 4.20. The summed E-state index contributed by atoms with van der Waals surface area (Å²) < 4.78 is 5.04. The average molecular weight is 277 g/mol. The lowest BCUT2D eigenvalue weighted by Gasteiger charge is -2.28. The third-order valence-electron chi connectivity index (χ3n) is 3.63. The number of carbonyl (C=O) groups is 1. The van der Waals surface area contributed by atoms with E-state index in [4.69, 9.17) is 4.74 Å². The standard InChI is InChI=1S/C15H23N3O2/c1-17(9-10-18-8-4-3-5-15(18)19)12-13-6-7-14(20-2)16-11-13/h6-7,11H,3-5,8-10,12H2,1-2H3. The molecule has 1 fully saturated rings. The van der Waals surface area contributed by atoms with E-state index < -0.39 is 0 Å². The second kappa shape index (κ2) is 7.24. The Bertz CT molecular complexity index is 433. The summed E-state index contributed by atoms with van der Waals surface area (Å²) in [6.07, 6.45) is 4.73. The number of nitrogens with zero attached hydrogens (tertiary/aromatic N) is 3. The van der Waals surface area contributed by atoms with Gasteiger partial charge in [-0.15, -0.1) is 0 Å². The fourth-order valence-corrected chi connectivity index (χ4v) is 2.41. The van der Waals surface area contributed by atoms with Crippen LogP contribution in [0.4, 0.5) is 0 Å². The van der Waals surface area contributed by atoms with Crippen molar-refractivity contribution < 1.29 is 9.53 Å². The number of piperidine rings is 1. The summed E-state index contributed by atoms with van der Waals surface area (Å²) in [6.45, 7) is 3.45. The van der Waals surface area contributed by atoms with Crippen LogP contribution in [0, 0.1) is 0 Å². The van der Waals surface area contributed by atoms with Crippen molar-refractivity contribution in [1.29, 1.82) is 0 Å². The minimum absolute atomic E-state index is 0.302. The Hall–Kier alpha value is -1.62. The number of aromatic nitrogens is 1. The Labute approximate surface area is 120 Å². The zero-order valence-electron chi connectivity index (χ0n) is 12.3. The summed E-state index contributed by atoms with van der Waals surface area (Å²) >= 11 is 0. The SMILES string of the molecule is COc1ccc(CN(C)CCN2CCCCC2=O)cn1. The third-order valence-corrected chi connectivity index (χ3v) is 3.63. The minimum atomic E-state index is 0.302. The van der Waals surface area contributed by atoms with Crippen molar-refractivity contribution in [1.82, 2.24) is 14.8 Å². The summed E-state index contributed by atoms with van der Waals surface area (Å²) in [6, 6.07) is 3.89. The highest BCUT2D eigenvalue weighted by Crippen LogP contribution is 2.11. The number of likely N-dealkylation sites (tertiary alicyclic amines) is 1. The van der Waals surface area contributed by atoms with E-state index in [0.717, 1.165) is 44.6 Å². The molecule has 0 spiro atoms. The first-order chi connectivity index (χ1) is 9.69. The zero-order chi connectivity index (χ0) is 14.4. The summed E-state index contributed by atoms with van der Waals surface area (Å²) in [7, 11) is 3.68. The first kappa shape index (κ1) is 14.8. The molecular formula is C15H23N3O2. The van der Waals surface area contributed by atoms with Gasteiger partial charge in [-0.25, -0.2) is 4.98 Å². The monoisotopic (exact) mass is 277 g/mol. The molecule has 1 amide bonds. The molecule has 20 heavy (non-hydrogen) atoms. The van der Waals surface area contributed by atoms with Crippen LogP contribution in [0.15, 0.2) is 18.3 Å². The molecule has 0 atom stereocenters. The molecule has 0 bridgehead atoms. The van der Waals surface area contributed by atoms with Crippen molar-refractivity contribution >= 4 is 5.91 Å². The van der Waals surface area contributed by atoms with E-state index in [1.54, 1.807) is 7.11 Å². The molecule has 1 aliphatic rings. The fourth-order valence-electron chi connectivity index (χ4n) is 2.41. The summed E-state index contributed by atoms with van der Waals surface area (Å²) in [5, 5.41) is 0. The summed E-state index contributed by atoms with van der Waals surface area (Å²) in [4.78, 5) is 20.1. The second-order valence-corrected chi connectivity index (χ2v) is 5.28. The van der Waals surface area contributed by atoms with Crippen LogP contribution in [-0.4, -0.2) is 54.5 Å². The van der Waals surface area contributed by atoms with E-state index in [1.807, 2.05) is 23.2 Å². The van der Waals surface area contributed by atoms with Gasteiger partial charge in [0.15, 0.2) is 0 Å². The maximum absolute atomic E-state index is 11.7. The molecule has 5 heteroatoms. The van der Waals surface area contributed by atoms with E-state index in [-0.39, 0.29) is 0 Å². The molecule has 1 saturated heterocycles. The average Bonchev–Trinajstić information content (AvgIpc) is 2.47. The van der Waals surface area contributed by atoms with Crippen LogP contribution >= 0.6 is 0 Å². The van der Waals surface area contributed by atoms with Gasteiger partial charge in [0.05, 0.1) is 7.11 Å². The van der Waals surface area contributed by atoms with Crippen LogP contribution in [0.25, 0.3) is 0 Å². The van der Waals surface area contributed by atoms with Gasteiger partial charge in [-0.2, -0.15) is 0 Å². The Morgan fingerprint density at radius 3 is 2.90 bits per heavy atom. The summed E-state index contributed by atoms with van der Waals surface area (Å²) in [5.74, 6) is 0.936. The van der Waals surface area contributed by atoms with Crippen LogP contribution in [0.5, 0.6) is 5.88 Å². The van der Waals surface area contributed by atoms with Gasteiger partial charge in [-0.05, 0) is 25.5 Å². The highest BCUT2D eigenvalue weighted by atomic mass is 16.5. The lowest BCUT2D eigenvalue weighted by Crippen LogP contribution is -2.40. The predicted molar refractivity (Wildman–Crippen MR) is 77.6 cm³/mol. The van der Waals surface area contributed by atoms with E-state index in [0.29, 0.717) is 18.2 Å². The van der Waals surface area contributed by atoms with Crippen LogP contribution in [0.2, 0.25) is 0 Å². The van der Waals surface area contributed by atoms with E-state index >= 15 is 0 Å². The Morgan fingerprint density at radius 2 is 2.25 bits per heavy atom. The topological polar surface area (TPSA) is 45.7 Å². The lowest BCUT2D eigenvalue weighted by atomic mass is 10.1. The molecule has 5 nitrogen and oxygen atoms in total. The second-order valence-electron chi connectivity index (χ2n) is 5.28. The Balaban J connectivity index is 1.76. The molecule has 0 saturated carbocycles. The molecule has 2 rings (SSSR count). The van der Waals surface area contributed by atoms with Crippen molar-refractivity contribution in [3.05, 3.63) is 23.9 Å². The molecule has 0 N–H and O–H groups in total. The number of hydrogen-bond acceptors (Lipinski definition) is 4. The van der Waals surface area contributed by atoms with Crippen molar-refractivity contribution in [2.45, 2.75) is 25.8 Å². The van der Waals surface area contributed by atoms with Crippen molar-refractivity contribution in [3.63, 3.8) is 0 Å². The smallest absolute Gasteiger partial charge is 0.222 e. The molecule has 0 aliphatic carbocycles. The number of hydrogen-bond donors (Lipinski definition) is 0. The summed E-state index contributed by atoms with van der Waals surface area (Å²) in [5.41, 5.74) is 1.15. The van der Waals surface area contributed by atoms with E-state index in [9.17, 15) is 4.79 Å². The van der Waals surface area contributed by atoms with Gasteiger partial charge in [0, 0.05) is 44.9 Å². The molecule has 0 unspecified atom stereocenters. The van der Waals surface area contributed by atoms with E-state index in [2.05, 4.69) is 16.9 Å². The molecule has 1 aromatic rings. The molecule has 0 radical (unpaired) electrons. The van der Waals surface area contributed by atoms with Gasteiger partial charge in [0.25, 0.3) is 0 Å². The normalized spacial score (nSPS) is 15.8. The number of rotatable bonds is 6. The predicted octanol–water partition coefficient (Wildman–Crippen LogP) is 1.53. The van der Waals surface area contributed by atoms with Gasteiger partial charge < -0.3 is 14.5 Å². The molecule has 1 aromatic heterocycles. The van der Waals surface area contributed by atoms with Crippen LogP contribution in [-0.2, 0) is 11.3 Å². The molecule has 1 aliphatic heterocycles. The Kier molecular flexibility index (Phi) is 5.35. The maximum Gasteiger partial charge on any atom is 0.222 e. The zero-order valence-corrected chi connectivity index (χ0v) is 12.3. The minimum Gasteiger partial charge on any atom is -0.481 e. The van der Waals surface area contributed by atoms with Crippen LogP contribution in [0.3, 0.4) is 0 Å². The number of carbonyl (C=O) groups excluding carboxylic acids is 1. The van der Waals surface area contributed by atoms with Gasteiger partial charge in [-0.3, -0.25) is 4.79 Å². The largest absolute Gasteiger partial charge is 0.481 e. The highest BCUT2D eigenvalue weighted by Gasteiger charge is 2.17. The maximum atomic E-state index is 11.7. The number of pyridine rings is 1. The number of likely N-dealkylation sites (N-methyl/N-ethyl adjacent to an activating group) is 1. The first-order valence-electron chi connectivity index (χ1n) is 7.14. The van der Waals surface area contributed by atoms with Crippen molar-refractivity contribution in [2.75, 3.05) is 33.8 Å². The van der Waals surface area contributed by atoms with Gasteiger partial charge >= 0.3 is 0 Å². The van der Waals surface area contributed by atoms with E-state index in [1.165, 1.54) is 0 Å². The molecular weight excluding hydrogens is 254 g/mol. The molecule has 0 aromatic carbocycles. The van der Waals surface area contributed by atoms with Gasteiger partial charge in [-0.1, -0.05) is 6.07 Å². The quantitative estimate of drug-likeness (QED) is 0.791.